The molecule has 0 bridgehead atoms. The average Bonchev–Trinajstić information content (AvgIpc) is 1.85. The van der Waals surface area contributed by atoms with Crippen LogP contribution in [0, 0.1) is 5.92 Å². The lowest BCUT2D eigenvalue weighted by molar-refractivity contribution is -0.155. The summed E-state index contributed by atoms with van der Waals surface area (Å²) in [5.74, 6) is -0.283. The molecule has 0 aliphatic carbocycles. The molecule has 3 heteroatoms. The van der Waals surface area contributed by atoms with Crippen molar-refractivity contribution in [3.8, 4) is 0 Å². The first-order valence-electron chi connectivity index (χ1n) is 3.95. The van der Waals surface area contributed by atoms with Gasteiger partial charge in [0.2, 0.25) is 0 Å². The Kier molecular flexibility index (Phi) is 3.31. The first-order chi connectivity index (χ1) is 5.27. The summed E-state index contributed by atoms with van der Waals surface area (Å²) >= 11 is 0. The van der Waals surface area contributed by atoms with E-state index < -0.39 is 11.6 Å². The highest BCUT2D eigenvalue weighted by atomic mass is 16.6. The van der Waals surface area contributed by atoms with Gasteiger partial charge in [-0.15, -0.1) is 0 Å². The van der Waals surface area contributed by atoms with Crippen molar-refractivity contribution in [2.45, 2.75) is 33.3 Å². The van der Waals surface area contributed by atoms with E-state index >= 15 is 0 Å². The topological polar surface area (TPSA) is 52.3 Å². The maximum absolute atomic E-state index is 11.0. The molecule has 12 heavy (non-hydrogen) atoms. The van der Waals surface area contributed by atoms with E-state index in [-0.39, 0.29) is 11.6 Å². The minimum Gasteiger partial charge on any atom is -0.455 e. The van der Waals surface area contributed by atoms with E-state index in [0.717, 1.165) is 0 Å². The summed E-state index contributed by atoms with van der Waals surface area (Å²) in [5, 5.41) is 0. The zero-order chi connectivity index (χ0) is 9.94. The molecule has 0 aliphatic rings. The van der Waals surface area contributed by atoms with Gasteiger partial charge in [-0.1, -0.05) is 20.4 Å². The first-order valence-corrected chi connectivity index (χ1v) is 3.95. The van der Waals surface area contributed by atoms with Crippen LogP contribution in [0.5, 0.6) is 0 Å². The Labute approximate surface area is 73.6 Å². The van der Waals surface area contributed by atoms with Crippen molar-refractivity contribution in [1.29, 1.82) is 0 Å². The lowest BCUT2D eigenvalue weighted by atomic mass is 9.95. The smallest absolute Gasteiger partial charge is 0.354 e. The predicted molar refractivity (Wildman–Crippen MR) is 48.3 cm³/mol. The van der Waals surface area contributed by atoms with Crippen molar-refractivity contribution >= 4 is 5.97 Å². The number of hydrogen-bond acceptors (Lipinski definition) is 3. The van der Waals surface area contributed by atoms with Gasteiger partial charge in [0.25, 0.3) is 0 Å². The second kappa shape index (κ2) is 3.61. The van der Waals surface area contributed by atoms with Gasteiger partial charge >= 0.3 is 5.97 Å². The van der Waals surface area contributed by atoms with Crippen LogP contribution in [0.2, 0.25) is 0 Å². The summed E-state index contributed by atoms with van der Waals surface area (Å²) in [6, 6.07) is 0. The predicted octanol–water partition coefficient (Wildman–Crippen LogP) is 1.44. The number of rotatable bonds is 3. The highest BCUT2D eigenvalue weighted by molar-refractivity contribution is 5.86. The Hall–Kier alpha value is -0.990. The van der Waals surface area contributed by atoms with Gasteiger partial charge in [0.15, 0.2) is 0 Å². The molecule has 0 aliphatic heterocycles. The van der Waals surface area contributed by atoms with E-state index in [0.29, 0.717) is 0 Å². The fourth-order valence-electron chi connectivity index (χ4n) is 0.422. The van der Waals surface area contributed by atoms with Gasteiger partial charge < -0.3 is 10.5 Å². The molecular weight excluding hydrogens is 154 g/mol. The van der Waals surface area contributed by atoms with Crippen LogP contribution in [-0.4, -0.2) is 11.6 Å². The van der Waals surface area contributed by atoms with Crippen LogP contribution < -0.4 is 5.73 Å². The number of hydrogen-bond donors (Lipinski definition) is 1. The van der Waals surface area contributed by atoms with Gasteiger partial charge in [-0.25, -0.2) is 4.79 Å². The Morgan fingerprint density at radius 1 is 1.50 bits per heavy atom. The molecule has 0 amide bonds. The number of esters is 1. The van der Waals surface area contributed by atoms with Crippen molar-refractivity contribution in [2.75, 3.05) is 0 Å². The maximum Gasteiger partial charge on any atom is 0.354 e. The summed E-state index contributed by atoms with van der Waals surface area (Å²) in [4.78, 5) is 11.0. The number of carbonyl (C=O) groups excluding carboxylic acids is 1. The third-order valence-corrected chi connectivity index (χ3v) is 2.01. The monoisotopic (exact) mass is 171 g/mol. The standard InChI is InChI=1S/C9H17NO2/c1-6(2)9(4,5)12-8(11)7(3)10/h6H,3,10H2,1-2,4-5H3. The largest absolute Gasteiger partial charge is 0.455 e. The molecular formula is C9H17NO2. The van der Waals surface area contributed by atoms with Crippen LogP contribution in [0.25, 0.3) is 0 Å². The van der Waals surface area contributed by atoms with E-state index in [2.05, 4.69) is 6.58 Å². The highest BCUT2D eigenvalue weighted by Crippen LogP contribution is 2.20. The van der Waals surface area contributed by atoms with Crippen LogP contribution in [0.4, 0.5) is 0 Å². The second-order valence-corrected chi connectivity index (χ2v) is 3.67. The molecule has 70 valence electrons. The highest BCUT2D eigenvalue weighted by Gasteiger charge is 2.27. The van der Waals surface area contributed by atoms with Gasteiger partial charge in [0.05, 0.1) is 0 Å². The van der Waals surface area contributed by atoms with E-state index in [1.165, 1.54) is 0 Å². The third-order valence-electron chi connectivity index (χ3n) is 2.01. The summed E-state index contributed by atoms with van der Waals surface area (Å²) in [7, 11) is 0. The van der Waals surface area contributed by atoms with E-state index in [4.69, 9.17) is 10.5 Å². The molecule has 3 nitrogen and oxygen atoms in total. The van der Waals surface area contributed by atoms with Crippen molar-refractivity contribution in [3.05, 3.63) is 12.3 Å². The van der Waals surface area contributed by atoms with Gasteiger partial charge in [-0.3, -0.25) is 0 Å². The van der Waals surface area contributed by atoms with Crippen molar-refractivity contribution in [2.24, 2.45) is 11.7 Å². The molecule has 0 heterocycles. The molecule has 0 saturated carbocycles. The Morgan fingerprint density at radius 3 is 2.17 bits per heavy atom. The molecule has 0 rings (SSSR count). The van der Waals surface area contributed by atoms with Crippen molar-refractivity contribution < 1.29 is 9.53 Å². The average molecular weight is 171 g/mol. The molecule has 0 aromatic carbocycles. The van der Waals surface area contributed by atoms with Gasteiger partial charge in [-0.2, -0.15) is 0 Å². The van der Waals surface area contributed by atoms with Crippen molar-refractivity contribution in [1.82, 2.24) is 0 Å². The van der Waals surface area contributed by atoms with Crippen LogP contribution >= 0.6 is 0 Å². The molecule has 0 aromatic heterocycles. The van der Waals surface area contributed by atoms with Crippen LogP contribution in [0.1, 0.15) is 27.7 Å². The molecule has 0 atom stereocenters. The molecule has 0 spiro atoms. The molecule has 0 aromatic rings. The van der Waals surface area contributed by atoms with Gasteiger partial charge in [0.1, 0.15) is 11.3 Å². The maximum atomic E-state index is 11.0. The molecule has 0 fully saturated rings. The normalized spacial score (nSPS) is 11.4. The van der Waals surface area contributed by atoms with Gasteiger partial charge in [-0.05, 0) is 19.8 Å². The van der Waals surface area contributed by atoms with Crippen molar-refractivity contribution in [3.63, 3.8) is 0 Å². The molecule has 2 N–H and O–H groups in total. The SMILES string of the molecule is C=C(N)C(=O)OC(C)(C)C(C)C. The lowest BCUT2D eigenvalue weighted by Crippen LogP contribution is -2.35. The lowest BCUT2D eigenvalue weighted by Gasteiger charge is -2.28. The Morgan fingerprint density at radius 2 is 1.92 bits per heavy atom. The Balaban J connectivity index is 4.25. The number of nitrogens with two attached hydrogens (primary N) is 1. The molecule has 0 unspecified atom stereocenters. The second-order valence-electron chi connectivity index (χ2n) is 3.67. The zero-order valence-electron chi connectivity index (χ0n) is 8.18. The first kappa shape index (κ1) is 11.0. The van der Waals surface area contributed by atoms with Crippen LogP contribution in [-0.2, 0) is 9.53 Å². The summed E-state index contributed by atoms with van der Waals surface area (Å²) in [6.45, 7) is 11.0. The minimum absolute atomic E-state index is 0.0521. The fraction of sp³-hybridized carbons (Fsp3) is 0.667. The Bertz CT molecular complexity index is 195. The van der Waals surface area contributed by atoms with Gasteiger partial charge in [0, 0.05) is 0 Å². The minimum atomic E-state index is -0.534. The third kappa shape index (κ3) is 2.95. The number of ether oxygens (including phenoxy) is 1. The number of carbonyl (C=O) groups is 1. The molecule has 0 radical (unpaired) electrons. The fourth-order valence-corrected chi connectivity index (χ4v) is 0.422. The quantitative estimate of drug-likeness (QED) is 0.516. The molecule has 0 saturated heterocycles. The summed E-state index contributed by atoms with van der Waals surface area (Å²) in [6.07, 6.45) is 0. The van der Waals surface area contributed by atoms with Crippen LogP contribution in [0.15, 0.2) is 12.3 Å². The zero-order valence-corrected chi connectivity index (χ0v) is 8.18. The van der Waals surface area contributed by atoms with E-state index in [1.54, 1.807) is 0 Å². The van der Waals surface area contributed by atoms with E-state index in [1.807, 2.05) is 27.7 Å². The van der Waals surface area contributed by atoms with Crippen LogP contribution in [0.3, 0.4) is 0 Å². The summed E-state index contributed by atoms with van der Waals surface area (Å²) < 4.78 is 5.10. The van der Waals surface area contributed by atoms with E-state index in [9.17, 15) is 4.79 Å². The summed E-state index contributed by atoms with van der Waals surface area (Å²) in [5.41, 5.74) is 4.64.